The van der Waals surface area contributed by atoms with Crippen molar-refractivity contribution in [2.24, 2.45) is 11.8 Å². The molecule has 0 amide bonds. The van der Waals surface area contributed by atoms with Crippen LogP contribution >= 0.6 is 0 Å². The van der Waals surface area contributed by atoms with Crippen molar-refractivity contribution in [2.75, 3.05) is 24.5 Å². The molecule has 0 saturated carbocycles. The van der Waals surface area contributed by atoms with Gasteiger partial charge in [0.05, 0.1) is 0 Å². The molecule has 2 aliphatic heterocycles. The fourth-order valence-corrected chi connectivity index (χ4v) is 3.48. The first-order valence-corrected chi connectivity index (χ1v) is 6.50. The smallest absolute Gasteiger partial charge is 0.129 e. The second-order valence-electron chi connectivity index (χ2n) is 5.98. The van der Waals surface area contributed by atoms with Crippen LogP contribution in [0.2, 0.25) is 0 Å². The highest BCUT2D eigenvalue weighted by atomic mass is 15.3. The van der Waals surface area contributed by atoms with Crippen LogP contribution in [0.5, 0.6) is 0 Å². The minimum absolute atomic E-state index is 0.217. The maximum Gasteiger partial charge on any atom is 0.129 e. The van der Waals surface area contributed by atoms with Gasteiger partial charge in [-0.2, -0.15) is 0 Å². The first kappa shape index (κ1) is 11.0. The largest absolute Gasteiger partial charge is 0.351 e. The summed E-state index contributed by atoms with van der Waals surface area (Å²) < 4.78 is 0. The molecule has 0 spiro atoms. The highest BCUT2D eigenvalue weighted by Crippen LogP contribution is 2.42. The molecule has 2 fully saturated rings. The third-order valence-corrected chi connectivity index (χ3v) is 4.54. The van der Waals surface area contributed by atoms with Crippen LogP contribution in [-0.4, -0.2) is 30.2 Å². The van der Waals surface area contributed by atoms with Crippen LogP contribution in [-0.2, 0) is 0 Å². The molecule has 2 unspecified atom stereocenters. The standard InChI is InChI=1S/C14H21N3/c1-10-4-5-16-13(6-10)17-9-11-7-15-8-12(11)14(17,2)3/h4-6,11-12,15H,7-9H2,1-3H3. The van der Waals surface area contributed by atoms with Crippen LogP contribution in [0.15, 0.2) is 18.3 Å². The zero-order chi connectivity index (χ0) is 12.0. The Morgan fingerprint density at radius 3 is 2.94 bits per heavy atom. The number of aryl methyl sites for hydroxylation is 1. The van der Waals surface area contributed by atoms with Crippen molar-refractivity contribution in [3.63, 3.8) is 0 Å². The molecule has 2 aliphatic rings. The summed E-state index contributed by atoms with van der Waals surface area (Å²) in [6.07, 6.45) is 1.92. The molecule has 0 radical (unpaired) electrons. The van der Waals surface area contributed by atoms with Crippen molar-refractivity contribution in [2.45, 2.75) is 26.3 Å². The molecule has 0 aromatic carbocycles. The molecule has 3 nitrogen and oxygen atoms in total. The molecule has 1 N–H and O–H groups in total. The van der Waals surface area contributed by atoms with Crippen LogP contribution < -0.4 is 10.2 Å². The lowest BCUT2D eigenvalue weighted by atomic mass is 9.85. The Kier molecular flexibility index (Phi) is 2.40. The topological polar surface area (TPSA) is 28.2 Å². The number of aromatic nitrogens is 1. The van der Waals surface area contributed by atoms with E-state index in [-0.39, 0.29) is 5.54 Å². The lowest BCUT2D eigenvalue weighted by Gasteiger charge is -2.36. The van der Waals surface area contributed by atoms with E-state index in [1.165, 1.54) is 5.56 Å². The number of nitrogens with zero attached hydrogens (tertiary/aromatic N) is 2. The fourth-order valence-electron chi connectivity index (χ4n) is 3.48. The Labute approximate surface area is 103 Å². The minimum atomic E-state index is 0.217. The summed E-state index contributed by atoms with van der Waals surface area (Å²) in [7, 11) is 0. The third kappa shape index (κ3) is 1.64. The van der Waals surface area contributed by atoms with E-state index in [9.17, 15) is 0 Å². The quantitative estimate of drug-likeness (QED) is 0.799. The minimum Gasteiger partial charge on any atom is -0.351 e. The Hall–Kier alpha value is -1.09. The van der Waals surface area contributed by atoms with Gasteiger partial charge in [-0.15, -0.1) is 0 Å². The van der Waals surface area contributed by atoms with Gasteiger partial charge in [-0.25, -0.2) is 4.98 Å². The van der Waals surface area contributed by atoms with Gasteiger partial charge < -0.3 is 10.2 Å². The van der Waals surface area contributed by atoms with E-state index in [2.05, 4.69) is 48.1 Å². The Morgan fingerprint density at radius 1 is 1.41 bits per heavy atom. The van der Waals surface area contributed by atoms with Gasteiger partial charge in [0, 0.05) is 31.4 Å². The molecule has 92 valence electrons. The molecular formula is C14H21N3. The van der Waals surface area contributed by atoms with Gasteiger partial charge in [-0.05, 0) is 50.3 Å². The highest BCUT2D eigenvalue weighted by Gasteiger charge is 2.49. The van der Waals surface area contributed by atoms with Crippen molar-refractivity contribution < 1.29 is 0 Å². The fraction of sp³-hybridized carbons (Fsp3) is 0.643. The number of hydrogen-bond donors (Lipinski definition) is 1. The lowest BCUT2D eigenvalue weighted by molar-refractivity contribution is 0.356. The van der Waals surface area contributed by atoms with Gasteiger partial charge in [0.25, 0.3) is 0 Å². The van der Waals surface area contributed by atoms with Gasteiger partial charge in [0.2, 0.25) is 0 Å². The molecule has 17 heavy (non-hydrogen) atoms. The van der Waals surface area contributed by atoms with E-state index in [1.54, 1.807) is 0 Å². The first-order chi connectivity index (χ1) is 8.09. The molecule has 3 heteroatoms. The molecule has 1 aromatic rings. The van der Waals surface area contributed by atoms with Crippen molar-refractivity contribution >= 4 is 5.82 Å². The van der Waals surface area contributed by atoms with E-state index < -0.39 is 0 Å². The number of fused-ring (bicyclic) bond motifs is 1. The van der Waals surface area contributed by atoms with E-state index in [4.69, 9.17) is 0 Å². The molecule has 3 rings (SSSR count). The Bertz CT molecular complexity index is 427. The maximum absolute atomic E-state index is 4.55. The normalized spacial score (nSPS) is 30.6. The summed E-state index contributed by atoms with van der Waals surface area (Å²) in [5, 5.41) is 3.52. The second-order valence-corrected chi connectivity index (χ2v) is 5.98. The predicted octanol–water partition coefficient (Wildman–Crippen LogP) is 1.82. The van der Waals surface area contributed by atoms with Crippen molar-refractivity contribution in [3.05, 3.63) is 23.9 Å². The van der Waals surface area contributed by atoms with Crippen LogP contribution in [0, 0.1) is 18.8 Å². The van der Waals surface area contributed by atoms with E-state index in [0.717, 1.165) is 37.3 Å². The maximum atomic E-state index is 4.55. The lowest BCUT2D eigenvalue weighted by Crippen LogP contribution is -2.45. The summed E-state index contributed by atoms with van der Waals surface area (Å²) in [5.74, 6) is 2.68. The molecule has 2 saturated heterocycles. The molecule has 2 atom stereocenters. The average molecular weight is 231 g/mol. The molecular weight excluding hydrogens is 210 g/mol. The number of pyridine rings is 1. The zero-order valence-electron chi connectivity index (χ0n) is 10.9. The number of anilines is 1. The van der Waals surface area contributed by atoms with E-state index >= 15 is 0 Å². The highest BCUT2D eigenvalue weighted by molar-refractivity contribution is 5.46. The van der Waals surface area contributed by atoms with Crippen LogP contribution in [0.1, 0.15) is 19.4 Å². The summed E-state index contributed by atoms with van der Waals surface area (Å²) in [4.78, 5) is 7.05. The number of nitrogens with one attached hydrogen (secondary N) is 1. The van der Waals surface area contributed by atoms with Crippen LogP contribution in [0.4, 0.5) is 5.82 Å². The summed E-state index contributed by atoms with van der Waals surface area (Å²) in [5.41, 5.74) is 1.51. The zero-order valence-corrected chi connectivity index (χ0v) is 10.9. The van der Waals surface area contributed by atoms with Crippen molar-refractivity contribution in [1.29, 1.82) is 0 Å². The molecule has 1 aromatic heterocycles. The Morgan fingerprint density at radius 2 is 2.24 bits per heavy atom. The summed E-state index contributed by atoms with van der Waals surface area (Å²) >= 11 is 0. The van der Waals surface area contributed by atoms with Gasteiger partial charge in [0.15, 0.2) is 0 Å². The van der Waals surface area contributed by atoms with Gasteiger partial charge in [-0.1, -0.05) is 0 Å². The van der Waals surface area contributed by atoms with Gasteiger partial charge >= 0.3 is 0 Å². The molecule has 3 heterocycles. The molecule has 0 bridgehead atoms. The van der Waals surface area contributed by atoms with Gasteiger partial charge in [-0.3, -0.25) is 0 Å². The van der Waals surface area contributed by atoms with Crippen LogP contribution in [0.25, 0.3) is 0 Å². The second kappa shape index (κ2) is 3.70. The van der Waals surface area contributed by atoms with Gasteiger partial charge in [0.1, 0.15) is 5.82 Å². The summed E-state index contributed by atoms with van der Waals surface area (Å²) in [6, 6.07) is 4.27. The Balaban J connectivity index is 1.94. The number of rotatable bonds is 1. The predicted molar refractivity (Wildman–Crippen MR) is 70.2 cm³/mol. The molecule has 0 aliphatic carbocycles. The SMILES string of the molecule is Cc1ccnc(N2CC3CNCC3C2(C)C)c1. The van der Waals surface area contributed by atoms with E-state index in [1.807, 2.05) is 6.20 Å². The number of hydrogen-bond acceptors (Lipinski definition) is 3. The monoisotopic (exact) mass is 231 g/mol. The summed E-state index contributed by atoms with van der Waals surface area (Å²) in [6.45, 7) is 10.3. The average Bonchev–Trinajstić information content (AvgIpc) is 2.81. The third-order valence-electron chi connectivity index (χ3n) is 4.54. The van der Waals surface area contributed by atoms with Crippen LogP contribution in [0.3, 0.4) is 0 Å². The first-order valence-electron chi connectivity index (χ1n) is 6.50. The van der Waals surface area contributed by atoms with E-state index in [0.29, 0.717) is 0 Å². The van der Waals surface area contributed by atoms with Crippen molar-refractivity contribution in [3.8, 4) is 0 Å². The van der Waals surface area contributed by atoms with Crippen molar-refractivity contribution in [1.82, 2.24) is 10.3 Å².